The van der Waals surface area contributed by atoms with Gasteiger partial charge in [0.15, 0.2) is 0 Å². The SMILES string of the molecule is C=C1[C@H](O)CC[C@]2(C)C[C@H]3OC(=O)C(C)=C3C[C@@H]12. The van der Waals surface area contributed by atoms with E-state index in [2.05, 4.69) is 13.5 Å². The predicted octanol–water partition coefficient (Wildman–Crippen LogP) is 2.36. The summed E-state index contributed by atoms with van der Waals surface area (Å²) in [6.45, 7) is 8.18. The molecule has 0 saturated heterocycles. The van der Waals surface area contributed by atoms with Crippen LogP contribution in [0.15, 0.2) is 23.3 Å². The summed E-state index contributed by atoms with van der Waals surface area (Å²) in [5.74, 6) is 0.125. The van der Waals surface area contributed by atoms with Gasteiger partial charge < -0.3 is 9.84 Å². The molecule has 0 bridgehead atoms. The second-order valence-electron chi connectivity index (χ2n) is 6.29. The smallest absolute Gasteiger partial charge is 0.334 e. The fourth-order valence-electron chi connectivity index (χ4n) is 3.88. The van der Waals surface area contributed by atoms with Gasteiger partial charge in [0.2, 0.25) is 0 Å². The summed E-state index contributed by atoms with van der Waals surface area (Å²) < 4.78 is 5.45. The second-order valence-corrected chi connectivity index (χ2v) is 6.29. The number of hydrogen-bond acceptors (Lipinski definition) is 3. The van der Waals surface area contributed by atoms with Crippen molar-refractivity contribution in [2.75, 3.05) is 0 Å². The first-order chi connectivity index (χ1) is 8.42. The third-order valence-electron chi connectivity index (χ3n) is 5.21. The third kappa shape index (κ3) is 1.50. The standard InChI is InChI=1S/C15H20O3/c1-8-10-6-11-9(2)12(16)4-5-15(11,3)7-13(10)18-14(8)17/h11-13,16H,2,4-7H2,1,3H3/t11-,12+,13+,15+/m0/s1. The van der Waals surface area contributed by atoms with E-state index in [-0.39, 0.29) is 29.5 Å². The molecule has 18 heavy (non-hydrogen) atoms. The molecule has 0 unspecified atom stereocenters. The van der Waals surface area contributed by atoms with Crippen molar-refractivity contribution in [3.8, 4) is 0 Å². The van der Waals surface area contributed by atoms with Crippen LogP contribution in [0.5, 0.6) is 0 Å². The van der Waals surface area contributed by atoms with Gasteiger partial charge in [-0.2, -0.15) is 0 Å². The van der Waals surface area contributed by atoms with Gasteiger partial charge >= 0.3 is 5.97 Å². The number of carbonyl (C=O) groups excluding carboxylic acids is 1. The van der Waals surface area contributed by atoms with Gasteiger partial charge in [-0.05, 0) is 55.1 Å². The quantitative estimate of drug-likeness (QED) is 0.529. The second kappa shape index (κ2) is 3.70. The lowest BCUT2D eigenvalue weighted by Gasteiger charge is -2.49. The zero-order valence-electron chi connectivity index (χ0n) is 11.0. The third-order valence-corrected chi connectivity index (χ3v) is 5.21. The number of hydrogen-bond donors (Lipinski definition) is 1. The molecule has 0 aromatic rings. The summed E-state index contributed by atoms with van der Waals surface area (Å²) in [5.41, 5.74) is 2.98. The molecule has 4 atom stereocenters. The van der Waals surface area contributed by atoms with Crippen molar-refractivity contribution >= 4 is 5.97 Å². The van der Waals surface area contributed by atoms with Crippen LogP contribution in [0, 0.1) is 11.3 Å². The molecule has 3 nitrogen and oxygen atoms in total. The zero-order chi connectivity index (χ0) is 13.1. The molecule has 0 amide bonds. The van der Waals surface area contributed by atoms with E-state index in [1.807, 2.05) is 6.92 Å². The Morgan fingerprint density at radius 2 is 2.22 bits per heavy atom. The van der Waals surface area contributed by atoms with Gasteiger partial charge in [-0.3, -0.25) is 0 Å². The van der Waals surface area contributed by atoms with Crippen LogP contribution in [0.2, 0.25) is 0 Å². The molecule has 0 aromatic heterocycles. The van der Waals surface area contributed by atoms with Crippen LogP contribution in [0.1, 0.15) is 39.5 Å². The van der Waals surface area contributed by atoms with Gasteiger partial charge in [0.25, 0.3) is 0 Å². The Hall–Kier alpha value is -1.09. The van der Waals surface area contributed by atoms with E-state index in [1.165, 1.54) is 0 Å². The Balaban J connectivity index is 1.96. The highest BCUT2D eigenvalue weighted by Gasteiger charge is 2.50. The van der Waals surface area contributed by atoms with Crippen molar-refractivity contribution in [2.24, 2.45) is 11.3 Å². The fraction of sp³-hybridized carbons (Fsp3) is 0.667. The first-order valence-electron chi connectivity index (χ1n) is 6.70. The van der Waals surface area contributed by atoms with Crippen LogP contribution in [0.25, 0.3) is 0 Å². The van der Waals surface area contributed by atoms with Crippen molar-refractivity contribution in [2.45, 2.75) is 51.7 Å². The first kappa shape index (κ1) is 12.0. The molecule has 1 aliphatic heterocycles. The number of carbonyl (C=O) groups is 1. The molecule has 1 heterocycles. The van der Waals surface area contributed by atoms with E-state index < -0.39 is 0 Å². The molecule has 3 aliphatic rings. The molecule has 2 saturated carbocycles. The number of esters is 1. The lowest BCUT2D eigenvalue weighted by molar-refractivity contribution is -0.142. The summed E-state index contributed by atoms with van der Waals surface area (Å²) in [5, 5.41) is 9.98. The minimum absolute atomic E-state index is 0.0261. The Morgan fingerprint density at radius 1 is 1.50 bits per heavy atom. The maximum atomic E-state index is 11.6. The lowest BCUT2D eigenvalue weighted by Crippen LogP contribution is -2.44. The Morgan fingerprint density at radius 3 is 2.94 bits per heavy atom. The van der Waals surface area contributed by atoms with Crippen LogP contribution in [0.3, 0.4) is 0 Å². The zero-order valence-corrected chi connectivity index (χ0v) is 11.0. The fourth-order valence-corrected chi connectivity index (χ4v) is 3.88. The number of fused-ring (bicyclic) bond motifs is 2. The van der Waals surface area contributed by atoms with E-state index in [1.54, 1.807) is 0 Å². The first-order valence-corrected chi connectivity index (χ1v) is 6.70. The average molecular weight is 248 g/mol. The lowest BCUT2D eigenvalue weighted by atomic mass is 9.56. The number of aliphatic hydroxyl groups is 1. The topological polar surface area (TPSA) is 46.5 Å². The average Bonchev–Trinajstić information content (AvgIpc) is 2.58. The number of ether oxygens (including phenoxy) is 1. The van der Waals surface area contributed by atoms with Gasteiger partial charge in [0.1, 0.15) is 6.10 Å². The Labute approximate surface area is 108 Å². The van der Waals surface area contributed by atoms with Crippen LogP contribution in [0.4, 0.5) is 0 Å². The highest BCUT2D eigenvalue weighted by molar-refractivity contribution is 5.91. The van der Waals surface area contributed by atoms with Crippen molar-refractivity contribution in [1.29, 1.82) is 0 Å². The molecule has 2 fully saturated rings. The minimum atomic E-state index is -0.376. The highest BCUT2D eigenvalue weighted by Crippen LogP contribution is 2.55. The van der Waals surface area contributed by atoms with Gasteiger partial charge in [0, 0.05) is 5.57 Å². The van der Waals surface area contributed by atoms with E-state index in [4.69, 9.17) is 4.74 Å². The maximum Gasteiger partial charge on any atom is 0.334 e. The van der Waals surface area contributed by atoms with Gasteiger partial charge in [-0.15, -0.1) is 0 Å². The summed E-state index contributed by atoms with van der Waals surface area (Å²) in [4.78, 5) is 11.6. The van der Waals surface area contributed by atoms with Gasteiger partial charge in [-0.25, -0.2) is 4.79 Å². The van der Waals surface area contributed by atoms with Crippen molar-refractivity contribution in [3.05, 3.63) is 23.3 Å². The summed E-state index contributed by atoms with van der Waals surface area (Å²) >= 11 is 0. The molecule has 3 heteroatoms. The molecular weight excluding hydrogens is 228 g/mol. The van der Waals surface area contributed by atoms with Crippen molar-refractivity contribution < 1.29 is 14.6 Å². The van der Waals surface area contributed by atoms with Gasteiger partial charge in [-0.1, -0.05) is 13.5 Å². The normalized spacial score (nSPS) is 43.6. The molecule has 0 radical (unpaired) electrons. The van der Waals surface area contributed by atoms with Gasteiger partial charge in [0.05, 0.1) is 6.10 Å². The minimum Gasteiger partial charge on any atom is -0.454 e. The molecular formula is C15H20O3. The summed E-state index contributed by atoms with van der Waals surface area (Å²) in [6.07, 6.45) is 3.07. The number of rotatable bonds is 0. The van der Waals surface area contributed by atoms with E-state index >= 15 is 0 Å². The number of aliphatic hydroxyl groups excluding tert-OH is 1. The monoisotopic (exact) mass is 248 g/mol. The van der Waals surface area contributed by atoms with Crippen molar-refractivity contribution in [3.63, 3.8) is 0 Å². The molecule has 0 spiro atoms. The molecule has 0 aromatic carbocycles. The largest absolute Gasteiger partial charge is 0.454 e. The molecule has 3 rings (SSSR count). The summed E-state index contributed by atoms with van der Waals surface area (Å²) in [7, 11) is 0. The van der Waals surface area contributed by atoms with E-state index in [0.29, 0.717) is 0 Å². The van der Waals surface area contributed by atoms with Crippen LogP contribution in [-0.2, 0) is 9.53 Å². The molecule has 1 N–H and O–H groups in total. The van der Waals surface area contributed by atoms with E-state index in [9.17, 15) is 9.90 Å². The van der Waals surface area contributed by atoms with E-state index in [0.717, 1.165) is 42.4 Å². The Bertz CT molecular complexity index is 462. The van der Waals surface area contributed by atoms with Crippen LogP contribution >= 0.6 is 0 Å². The molecule has 98 valence electrons. The maximum absolute atomic E-state index is 11.6. The van der Waals surface area contributed by atoms with Crippen molar-refractivity contribution in [1.82, 2.24) is 0 Å². The molecule has 2 aliphatic carbocycles. The Kier molecular flexibility index (Phi) is 2.46. The van der Waals surface area contributed by atoms with Crippen LogP contribution < -0.4 is 0 Å². The predicted molar refractivity (Wildman–Crippen MR) is 67.8 cm³/mol. The van der Waals surface area contributed by atoms with Crippen LogP contribution in [-0.4, -0.2) is 23.3 Å². The summed E-state index contributed by atoms with van der Waals surface area (Å²) in [6, 6.07) is 0. The highest BCUT2D eigenvalue weighted by atomic mass is 16.5.